The molecule has 2 aromatic carbocycles. The summed E-state index contributed by atoms with van der Waals surface area (Å²) in [5.74, 6) is -0.169. The van der Waals surface area contributed by atoms with E-state index in [2.05, 4.69) is 5.16 Å². The summed E-state index contributed by atoms with van der Waals surface area (Å²) in [6, 6.07) is 12.1. The number of nitro benzene ring substituents is 2. The quantitative estimate of drug-likeness (QED) is 0.477. The van der Waals surface area contributed by atoms with Gasteiger partial charge in [-0.05, 0) is 11.6 Å². The van der Waals surface area contributed by atoms with Crippen molar-refractivity contribution in [3.8, 4) is 5.75 Å². The molecule has 2 rings (SSSR count). The number of non-ortho nitro benzene ring substituents is 1. The molecule has 0 aliphatic carbocycles. The van der Waals surface area contributed by atoms with Crippen molar-refractivity contribution in [1.29, 1.82) is 0 Å². The molecule has 0 saturated heterocycles. The van der Waals surface area contributed by atoms with E-state index in [9.17, 15) is 20.2 Å². The number of nitrogens with zero attached hydrogens (tertiary/aromatic N) is 3. The van der Waals surface area contributed by atoms with E-state index < -0.39 is 15.5 Å². The molecule has 0 aliphatic heterocycles. The third-order valence-corrected chi connectivity index (χ3v) is 2.50. The second kappa shape index (κ2) is 6.24. The first-order valence-electron chi connectivity index (χ1n) is 5.76. The fourth-order valence-corrected chi connectivity index (χ4v) is 1.52. The molecule has 0 atom stereocenters. The Morgan fingerprint density at radius 3 is 2.33 bits per heavy atom. The van der Waals surface area contributed by atoms with Crippen LogP contribution in [0.5, 0.6) is 5.75 Å². The molecule has 0 unspecified atom stereocenters. The average Bonchev–Trinajstić information content (AvgIpc) is 2.48. The van der Waals surface area contributed by atoms with Crippen LogP contribution in [-0.4, -0.2) is 16.1 Å². The lowest BCUT2D eigenvalue weighted by atomic mass is 10.2. The molecule has 0 aromatic heterocycles. The van der Waals surface area contributed by atoms with Gasteiger partial charge in [0.1, 0.15) is 0 Å². The van der Waals surface area contributed by atoms with Gasteiger partial charge in [-0.15, -0.1) is 0 Å². The van der Waals surface area contributed by atoms with Gasteiger partial charge in [0.15, 0.2) is 0 Å². The summed E-state index contributed by atoms with van der Waals surface area (Å²) in [5.41, 5.74) is -0.155. The van der Waals surface area contributed by atoms with E-state index in [1.165, 1.54) is 6.21 Å². The van der Waals surface area contributed by atoms with Gasteiger partial charge in [-0.2, -0.15) is 0 Å². The third kappa shape index (κ3) is 3.60. The summed E-state index contributed by atoms with van der Waals surface area (Å²) in [4.78, 5) is 24.9. The maximum atomic E-state index is 10.9. The predicted octanol–water partition coefficient (Wildman–Crippen LogP) is 2.92. The van der Waals surface area contributed by atoms with E-state index in [1.807, 2.05) is 6.07 Å². The van der Waals surface area contributed by atoms with Gasteiger partial charge >= 0.3 is 5.69 Å². The van der Waals surface area contributed by atoms with Gasteiger partial charge in [-0.1, -0.05) is 35.5 Å². The lowest BCUT2D eigenvalue weighted by Crippen LogP contribution is -1.96. The van der Waals surface area contributed by atoms with E-state index >= 15 is 0 Å². The molecule has 0 spiro atoms. The number of oxime groups is 1. The van der Waals surface area contributed by atoms with E-state index in [1.54, 1.807) is 24.3 Å². The highest BCUT2D eigenvalue weighted by atomic mass is 16.7. The van der Waals surface area contributed by atoms with Gasteiger partial charge in [0.25, 0.3) is 5.69 Å². The Balaban J connectivity index is 2.22. The normalized spacial score (nSPS) is 10.5. The monoisotopic (exact) mass is 287 g/mol. The molecule has 106 valence electrons. The zero-order valence-corrected chi connectivity index (χ0v) is 10.6. The molecule has 0 amide bonds. The van der Waals surface area contributed by atoms with E-state index in [-0.39, 0.29) is 11.4 Å². The Bertz CT molecular complexity index is 700. The minimum absolute atomic E-state index is 0.169. The maximum Gasteiger partial charge on any atom is 0.321 e. The second-order valence-electron chi connectivity index (χ2n) is 3.90. The Labute approximate surface area is 118 Å². The molecule has 0 fully saturated rings. The Kier molecular flexibility index (Phi) is 4.20. The molecule has 2 aromatic rings. The average molecular weight is 287 g/mol. The first-order chi connectivity index (χ1) is 10.1. The lowest BCUT2D eigenvalue weighted by Gasteiger charge is -2.00. The Hall–Kier alpha value is -3.29. The molecule has 0 aliphatic rings. The summed E-state index contributed by atoms with van der Waals surface area (Å²) in [6.45, 7) is 0. The topological polar surface area (TPSA) is 108 Å². The summed E-state index contributed by atoms with van der Waals surface area (Å²) in [7, 11) is 0. The highest BCUT2D eigenvalue weighted by Gasteiger charge is 2.20. The molecule has 0 bridgehead atoms. The fraction of sp³-hybridized carbons (Fsp3) is 0. The van der Waals surface area contributed by atoms with Crippen molar-refractivity contribution in [3.05, 3.63) is 74.3 Å². The van der Waals surface area contributed by atoms with Crippen molar-refractivity contribution in [1.82, 2.24) is 0 Å². The van der Waals surface area contributed by atoms with Gasteiger partial charge < -0.3 is 4.84 Å². The third-order valence-electron chi connectivity index (χ3n) is 2.50. The van der Waals surface area contributed by atoms with E-state index in [0.717, 1.165) is 23.8 Å². The summed E-state index contributed by atoms with van der Waals surface area (Å²) >= 11 is 0. The van der Waals surface area contributed by atoms with Crippen LogP contribution in [0.2, 0.25) is 0 Å². The van der Waals surface area contributed by atoms with Gasteiger partial charge in [0.05, 0.1) is 22.1 Å². The molecule has 8 nitrogen and oxygen atoms in total. The largest absolute Gasteiger partial charge is 0.350 e. The molecule has 0 radical (unpaired) electrons. The number of nitro groups is 2. The van der Waals surface area contributed by atoms with Crippen molar-refractivity contribution in [3.63, 3.8) is 0 Å². The molecule has 8 heteroatoms. The highest BCUT2D eigenvalue weighted by molar-refractivity contribution is 5.79. The zero-order chi connectivity index (χ0) is 15.2. The number of rotatable bonds is 5. The van der Waals surface area contributed by atoms with Crippen LogP contribution in [0.1, 0.15) is 5.56 Å². The van der Waals surface area contributed by atoms with Crippen LogP contribution in [0.3, 0.4) is 0 Å². The molecular formula is C13H9N3O5. The van der Waals surface area contributed by atoms with Crippen LogP contribution < -0.4 is 4.84 Å². The van der Waals surface area contributed by atoms with Crippen LogP contribution in [0.25, 0.3) is 0 Å². The van der Waals surface area contributed by atoms with Crippen LogP contribution in [0, 0.1) is 20.2 Å². The van der Waals surface area contributed by atoms with Crippen LogP contribution in [-0.2, 0) is 0 Å². The Morgan fingerprint density at radius 2 is 1.71 bits per heavy atom. The molecule has 0 heterocycles. The Morgan fingerprint density at radius 1 is 1.00 bits per heavy atom. The van der Waals surface area contributed by atoms with E-state index in [4.69, 9.17) is 4.84 Å². The second-order valence-corrected chi connectivity index (χ2v) is 3.90. The van der Waals surface area contributed by atoms with Gasteiger partial charge in [0.2, 0.25) is 5.75 Å². The van der Waals surface area contributed by atoms with Crippen molar-refractivity contribution in [2.24, 2.45) is 5.16 Å². The molecule has 0 saturated carbocycles. The number of benzene rings is 2. The summed E-state index contributed by atoms with van der Waals surface area (Å²) in [5, 5.41) is 25.1. The van der Waals surface area contributed by atoms with E-state index in [0.29, 0.717) is 0 Å². The van der Waals surface area contributed by atoms with Crippen molar-refractivity contribution >= 4 is 17.6 Å². The van der Waals surface area contributed by atoms with Crippen molar-refractivity contribution < 1.29 is 14.7 Å². The minimum Gasteiger partial charge on any atom is -0.350 e. The maximum absolute atomic E-state index is 10.9. The summed E-state index contributed by atoms with van der Waals surface area (Å²) in [6.07, 6.45) is 1.38. The fourth-order valence-electron chi connectivity index (χ4n) is 1.52. The van der Waals surface area contributed by atoms with Gasteiger partial charge in [-0.3, -0.25) is 20.2 Å². The standard InChI is InChI=1S/C13H9N3O5/c17-15(18)11-6-7-13(12(8-11)16(19)20)21-14-9-10-4-2-1-3-5-10/h1-9H. The van der Waals surface area contributed by atoms with Gasteiger partial charge in [-0.25, -0.2) is 0 Å². The highest BCUT2D eigenvalue weighted by Crippen LogP contribution is 2.31. The smallest absolute Gasteiger partial charge is 0.321 e. The van der Waals surface area contributed by atoms with Crippen molar-refractivity contribution in [2.45, 2.75) is 0 Å². The van der Waals surface area contributed by atoms with Crippen molar-refractivity contribution in [2.75, 3.05) is 0 Å². The van der Waals surface area contributed by atoms with Gasteiger partial charge in [0, 0.05) is 6.07 Å². The van der Waals surface area contributed by atoms with Crippen LogP contribution in [0.15, 0.2) is 53.7 Å². The number of hydrogen-bond acceptors (Lipinski definition) is 6. The summed E-state index contributed by atoms with van der Waals surface area (Å²) < 4.78 is 0. The zero-order valence-electron chi connectivity index (χ0n) is 10.6. The molecule has 21 heavy (non-hydrogen) atoms. The number of hydrogen-bond donors (Lipinski definition) is 0. The first-order valence-corrected chi connectivity index (χ1v) is 5.76. The van der Waals surface area contributed by atoms with Crippen LogP contribution >= 0.6 is 0 Å². The van der Waals surface area contributed by atoms with Crippen LogP contribution in [0.4, 0.5) is 11.4 Å². The minimum atomic E-state index is -0.764. The lowest BCUT2D eigenvalue weighted by molar-refractivity contribution is -0.394. The molecular weight excluding hydrogens is 278 g/mol. The first kappa shape index (κ1) is 14.1. The predicted molar refractivity (Wildman–Crippen MR) is 74.4 cm³/mol. The molecule has 0 N–H and O–H groups in total. The SMILES string of the molecule is O=[N+]([O-])c1ccc(ON=Cc2ccccc2)c([N+](=O)[O-])c1.